The highest BCUT2D eigenvalue weighted by atomic mass is 16.6. The van der Waals surface area contributed by atoms with Crippen molar-refractivity contribution in [1.29, 1.82) is 0 Å². The first kappa shape index (κ1) is 30.8. The van der Waals surface area contributed by atoms with E-state index in [9.17, 15) is 14.7 Å². The van der Waals surface area contributed by atoms with Gasteiger partial charge < -0.3 is 38.5 Å². The molecule has 2 aromatic carbocycles. The molecule has 3 heterocycles. The summed E-state index contributed by atoms with van der Waals surface area (Å²) in [6.45, 7) is 1.61. The van der Waals surface area contributed by atoms with Crippen molar-refractivity contribution < 1.29 is 43.1 Å². The molecule has 45 heavy (non-hydrogen) atoms. The summed E-state index contributed by atoms with van der Waals surface area (Å²) in [6, 6.07) is 9.59. The Morgan fingerprint density at radius 2 is 1.73 bits per heavy atom. The minimum atomic E-state index is -1.20. The quantitative estimate of drug-likeness (QED) is 0.283. The van der Waals surface area contributed by atoms with Gasteiger partial charge in [0.05, 0.1) is 47.5 Å². The third kappa shape index (κ3) is 5.59. The number of benzene rings is 2. The molecule has 6 unspecified atom stereocenters. The van der Waals surface area contributed by atoms with E-state index in [4.69, 9.17) is 28.4 Å². The van der Waals surface area contributed by atoms with Crippen LogP contribution in [0, 0.1) is 17.8 Å². The van der Waals surface area contributed by atoms with Gasteiger partial charge in [-0.3, -0.25) is 9.69 Å². The Bertz CT molecular complexity index is 1590. The van der Waals surface area contributed by atoms with Crippen molar-refractivity contribution in [3.63, 3.8) is 0 Å². The molecule has 0 amide bonds. The number of nitrogens with zero attached hydrogens (tertiary/aromatic N) is 1. The number of methoxy groups -OCH3 is 5. The number of hydrogen-bond donors (Lipinski definition) is 2. The van der Waals surface area contributed by atoms with Crippen LogP contribution in [0.15, 0.2) is 36.4 Å². The van der Waals surface area contributed by atoms with Gasteiger partial charge in [-0.15, -0.1) is 0 Å². The second-order valence-corrected chi connectivity index (χ2v) is 11.9. The summed E-state index contributed by atoms with van der Waals surface area (Å²) in [5.74, 6) is 0.111. The lowest BCUT2D eigenvalue weighted by Gasteiger charge is -2.52. The molecule has 11 nitrogen and oxygen atoms in total. The minimum Gasteiger partial charge on any atom is -0.497 e. The monoisotopic (exact) mass is 620 g/mol. The summed E-state index contributed by atoms with van der Waals surface area (Å²) in [6.07, 6.45) is 2.85. The average Bonchev–Trinajstić information content (AvgIpc) is 3.44. The summed E-state index contributed by atoms with van der Waals surface area (Å²) >= 11 is 0. The molecule has 2 N–H and O–H groups in total. The Morgan fingerprint density at radius 3 is 2.40 bits per heavy atom. The number of carbonyl (C=O) groups is 2. The number of rotatable bonds is 8. The lowest BCUT2D eigenvalue weighted by molar-refractivity contribution is -0.182. The Kier molecular flexibility index (Phi) is 8.65. The Balaban J connectivity index is 1.21. The zero-order chi connectivity index (χ0) is 31.8. The molecule has 240 valence electrons. The number of fused-ring (bicyclic) bond motifs is 6. The van der Waals surface area contributed by atoms with Gasteiger partial charge in [0.1, 0.15) is 18.0 Å². The largest absolute Gasteiger partial charge is 0.497 e. The van der Waals surface area contributed by atoms with Crippen LogP contribution in [0.5, 0.6) is 23.0 Å². The van der Waals surface area contributed by atoms with Crippen molar-refractivity contribution in [3.05, 3.63) is 53.2 Å². The van der Waals surface area contributed by atoms with E-state index >= 15 is 0 Å². The fraction of sp³-hybridized carbons (Fsp3) is 0.471. The van der Waals surface area contributed by atoms with Crippen LogP contribution in [0.2, 0.25) is 0 Å². The highest BCUT2D eigenvalue weighted by Gasteiger charge is 2.53. The third-order valence-corrected chi connectivity index (χ3v) is 9.72. The van der Waals surface area contributed by atoms with Crippen LogP contribution in [0.25, 0.3) is 17.0 Å². The van der Waals surface area contributed by atoms with E-state index in [-0.39, 0.29) is 17.9 Å². The van der Waals surface area contributed by atoms with Crippen LogP contribution in [-0.4, -0.2) is 87.8 Å². The second-order valence-electron chi connectivity index (χ2n) is 11.9. The smallest absolute Gasteiger partial charge is 0.331 e. The number of aromatic amines is 1. The highest BCUT2D eigenvalue weighted by Crippen LogP contribution is 2.50. The summed E-state index contributed by atoms with van der Waals surface area (Å²) in [5, 5.41) is 12.7. The number of piperidine rings is 1. The maximum absolute atomic E-state index is 13.2. The molecule has 2 fully saturated rings. The number of H-pyrrole nitrogens is 1. The maximum Gasteiger partial charge on any atom is 0.331 e. The molecule has 3 aliphatic rings. The maximum atomic E-state index is 13.2. The van der Waals surface area contributed by atoms with Gasteiger partial charge in [0.15, 0.2) is 11.5 Å². The molecule has 2 aliphatic heterocycles. The van der Waals surface area contributed by atoms with Crippen LogP contribution in [0.1, 0.15) is 35.7 Å². The summed E-state index contributed by atoms with van der Waals surface area (Å²) < 4.78 is 32.6. The van der Waals surface area contributed by atoms with Crippen molar-refractivity contribution in [3.8, 4) is 23.0 Å². The third-order valence-electron chi connectivity index (χ3n) is 9.72. The van der Waals surface area contributed by atoms with E-state index in [1.54, 1.807) is 25.3 Å². The van der Waals surface area contributed by atoms with Gasteiger partial charge in [0, 0.05) is 41.8 Å². The molecule has 6 atom stereocenters. The van der Waals surface area contributed by atoms with Gasteiger partial charge in [-0.1, -0.05) is 0 Å². The van der Waals surface area contributed by atoms with E-state index in [2.05, 4.69) is 16.0 Å². The molecule has 3 aromatic rings. The van der Waals surface area contributed by atoms with Gasteiger partial charge in [-0.25, -0.2) is 4.79 Å². The normalized spacial score (nSPS) is 26.0. The molecule has 1 saturated carbocycles. The van der Waals surface area contributed by atoms with Crippen molar-refractivity contribution in [2.24, 2.45) is 17.8 Å². The second kappa shape index (κ2) is 12.6. The first-order valence-corrected chi connectivity index (χ1v) is 15.2. The van der Waals surface area contributed by atoms with Gasteiger partial charge >= 0.3 is 11.9 Å². The van der Waals surface area contributed by atoms with Crippen LogP contribution in [0.3, 0.4) is 0 Å². The molecule has 11 heteroatoms. The van der Waals surface area contributed by atoms with Gasteiger partial charge in [0.2, 0.25) is 5.75 Å². The minimum absolute atomic E-state index is 0.0386. The summed E-state index contributed by atoms with van der Waals surface area (Å²) in [7, 11) is 7.54. The number of carbonyl (C=O) groups excluding carboxylic acids is 2. The van der Waals surface area contributed by atoms with E-state index in [1.165, 1.54) is 45.5 Å². The fourth-order valence-electron chi connectivity index (χ4n) is 7.63. The number of hydrogen-bond acceptors (Lipinski definition) is 10. The molecular weight excluding hydrogens is 580 g/mol. The van der Waals surface area contributed by atoms with E-state index < -0.39 is 30.1 Å². The topological polar surface area (TPSA) is 129 Å². The Labute approximate surface area is 262 Å². The lowest BCUT2D eigenvalue weighted by Crippen LogP contribution is -2.58. The predicted molar refractivity (Wildman–Crippen MR) is 166 cm³/mol. The molecule has 1 aromatic heterocycles. The van der Waals surface area contributed by atoms with Crippen LogP contribution >= 0.6 is 0 Å². The highest BCUT2D eigenvalue weighted by molar-refractivity contribution is 5.88. The van der Waals surface area contributed by atoms with Crippen LogP contribution < -0.4 is 18.9 Å². The van der Waals surface area contributed by atoms with Crippen LogP contribution in [-0.2, 0) is 25.5 Å². The Hall–Kier alpha value is -4.22. The van der Waals surface area contributed by atoms with Crippen molar-refractivity contribution >= 4 is 28.9 Å². The number of nitrogens with one attached hydrogen (secondary N) is 1. The van der Waals surface area contributed by atoms with Crippen molar-refractivity contribution in [2.45, 2.75) is 37.5 Å². The van der Waals surface area contributed by atoms with E-state index in [1.807, 2.05) is 12.1 Å². The number of aromatic nitrogens is 1. The molecule has 0 spiro atoms. The molecule has 0 bridgehead atoms. The first-order valence-electron chi connectivity index (χ1n) is 15.2. The summed E-state index contributed by atoms with van der Waals surface area (Å²) in [4.78, 5) is 32.3. The lowest BCUT2D eigenvalue weighted by atomic mass is 9.64. The first-order chi connectivity index (χ1) is 21.8. The molecule has 1 saturated heterocycles. The van der Waals surface area contributed by atoms with Gasteiger partial charge in [0.25, 0.3) is 0 Å². The van der Waals surface area contributed by atoms with E-state index in [0.717, 1.165) is 36.5 Å². The van der Waals surface area contributed by atoms with E-state index in [0.29, 0.717) is 35.7 Å². The average molecular weight is 621 g/mol. The SMILES string of the molecule is COC(=O)C1C(O)C(OC(=O)C=Cc2cc(OC)c(OC)c(OC)c2)CC2CN3CCc4c([nH]c5cc(OC)ccc45)C3CC21. The van der Waals surface area contributed by atoms with Gasteiger partial charge in [-0.05, 0) is 72.6 Å². The van der Waals surface area contributed by atoms with Crippen molar-refractivity contribution in [1.82, 2.24) is 9.88 Å². The zero-order valence-electron chi connectivity index (χ0n) is 26.2. The number of ether oxygens (including phenoxy) is 6. The number of aliphatic hydroxyl groups is 1. The number of aliphatic hydroxyl groups excluding tert-OH is 1. The fourth-order valence-corrected chi connectivity index (χ4v) is 7.63. The number of esters is 2. The predicted octanol–water partition coefficient (Wildman–Crippen LogP) is 3.92. The van der Waals surface area contributed by atoms with Gasteiger partial charge in [-0.2, -0.15) is 0 Å². The molecule has 1 aliphatic carbocycles. The van der Waals surface area contributed by atoms with Crippen LogP contribution in [0.4, 0.5) is 0 Å². The van der Waals surface area contributed by atoms with Crippen molar-refractivity contribution in [2.75, 3.05) is 48.6 Å². The Morgan fingerprint density at radius 1 is 0.978 bits per heavy atom. The zero-order valence-corrected chi connectivity index (χ0v) is 26.2. The molecule has 0 radical (unpaired) electrons. The molecular formula is C34H40N2O9. The summed E-state index contributed by atoms with van der Waals surface area (Å²) in [5.41, 5.74) is 4.12. The molecule has 6 rings (SSSR count). The standard InChI is InChI=1S/C34H40N2O9/c1-40-20-7-8-21-22-10-11-36-17-19-14-26(45-29(37)9-6-18-12-27(41-2)33(43-4)28(13-18)42-3)32(38)30(34(39)44-5)23(19)16-25(36)31(22)35-24(21)15-20/h6-9,12-13,15,19,23,25-26,30,32,35,38H,10-11,14,16-17H2,1-5H3.